The number of nitrogens with two attached hydrogens (primary N) is 1. The van der Waals surface area contributed by atoms with Gasteiger partial charge in [-0.1, -0.05) is 30.3 Å². The van der Waals surface area contributed by atoms with Crippen LogP contribution in [0.1, 0.15) is 13.8 Å². The molecule has 88 valence electrons. The lowest BCUT2D eigenvalue weighted by Crippen LogP contribution is -2.26. The summed E-state index contributed by atoms with van der Waals surface area (Å²) < 4.78 is 0. The fourth-order valence-corrected chi connectivity index (χ4v) is 1.20. The van der Waals surface area contributed by atoms with Gasteiger partial charge in [-0.05, 0) is 31.6 Å². The molecular formula is C12H17ClN2O. The molecule has 0 aromatic carbocycles. The number of allylic oxidation sites excluding steroid dienone is 6. The van der Waals surface area contributed by atoms with Crippen molar-refractivity contribution in [1.82, 2.24) is 5.32 Å². The van der Waals surface area contributed by atoms with E-state index in [4.69, 9.17) is 17.3 Å². The third-order valence-corrected chi connectivity index (χ3v) is 1.73. The van der Waals surface area contributed by atoms with Crippen molar-refractivity contribution in [1.29, 1.82) is 0 Å². The molecule has 3 N–H and O–H groups in total. The monoisotopic (exact) mass is 240 g/mol. The second kappa shape index (κ2) is 7.77. The Morgan fingerprint density at radius 1 is 1.50 bits per heavy atom. The first-order chi connectivity index (χ1) is 7.51. The van der Waals surface area contributed by atoms with Gasteiger partial charge < -0.3 is 11.1 Å². The minimum absolute atomic E-state index is 0.352. The van der Waals surface area contributed by atoms with Crippen LogP contribution in [-0.4, -0.2) is 12.5 Å². The van der Waals surface area contributed by atoms with Crippen molar-refractivity contribution >= 4 is 17.5 Å². The van der Waals surface area contributed by atoms with Gasteiger partial charge in [0, 0.05) is 11.6 Å². The van der Waals surface area contributed by atoms with Crippen LogP contribution >= 0.6 is 11.6 Å². The van der Waals surface area contributed by atoms with E-state index in [1.54, 1.807) is 31.2 Å². The maximum absolute atomic E-state index is 11.1. The van der Waals surface area contributed by atoms with E-state index in [2.05, 4.69) is 11.9 Å². The van der Waals surface area contributed by atoms with Gasteiger partial charge in [0.2, 0.25) is 0 Å². The highest BCUT2D eigenvalue weighted by Crippen LogP contribution is 2.09. The first-order valence-electron chi connectivity index (χ1n) is 4.93. The Balaban J connectivity index is 5.14. The van der Waals surface area contributed by atoms with E-state index in [9.17, 15) is 4.79 Å². The number of primary amides is 1. The molecule has 0 rings (SSSR count). The number of carbonyl (C=O) groups is 1. The van der Waals surface area contributed by atoms with Crippen molar-refractivity contribution in [2.75, 3.05) is 6.54 Å². The van der Waals surface area contributed by atoms with Crippen molar-refractivity contribution in [3.63, 3.8) is 0 Å². The zero-order valence-corrected chi connectivity index (χ0v) is 10.3. The van der Waals surface area contributed by atoms with Gasteiger partial charge in [0.15, 0.2) is 0 Å². The smallest absolute Gasteiger partial charge is 0.264 e. The summed E-state index contributed by atoms with van der Waals surface area (Å²) in [7, 11) is 0. The van der Waals surface area contributed by atoms with Crippen molar-refractivity contribution in [2.24, 2.45) is 5.73 Å². The summed E-state index contributed by atoms with van der Waals surface area (Å²) in [4.78, 5) is 11.1. The second-order valence-corrected chi connectivity index (χ2v) is 3.68. The molecule has 0 saturated heterocycles. The quantitative estimate of drug-likeness (QED) is 0.553. The summed E-state index contributed by atoms with van der Waals surface area (Å²) in [6.45, 7) is 7.85. The highest BCUT2D eigenvalue weighted by molar-refractivity contribution is 6.29. The van der Waals surface area contributed by atoms with Crippen LogP contribution in [0, 0.1) is 0 Å². The van der Waals surface area contributed by atoms with E-state index in [1.165, 1.54) is 0 Å². The van der Waals surface area contributed by atoms with E-state index in [-0.39, 0.29) is 0 Å². The lowest BCUT2D eigenvalue weighted by atomic mass is 10.2. The summed E-state index contributed by atoms with van der Waals surface area (Å²) in [5.74, 6) is -0.502. The Kier molecular flexibility index (Phi) is 7.05. The Labute approximate surface area is 101 Å². The van der Waals surface area contributed by atoms with Gasteiger partial charge in [0.25, 0.3) is 5.91 Å². The molecule has 0 fully saturated rings. The zero-order valence-electron chi connectivity index (χ0n) is 9.59. The molecule has 0 aliphatic heterocycles. The van der Waals surface area contributed by atoms with Crippen LogP contribution in [0.5, 0.6) is 0 Å². The summed E-state index contributed by atoms with van der Waals surface area (Å²) in [6.07, 6.45) is 6.72. The van der Waals surface area contributed by atoms with E-state index >= 15 is 0 Å². The molecule has 0 atom stereocenters. The van der Waals surface area contributed by atoms with Gasteiger partial charge in [0.1, 0.15) is 5.70 Å². The van der Waals surface area contributed by atoms with Crippen LogP contribution in [0.3, 0.4) is 0 Å². The van der Waals surface area contributed by atoms with Crippen LogP contribution in [0.25, 0.3) is 0 Å². The van der Waals surface area contributed by atoms with E-state index in [0.717, 1.165) is 5.57 Å². The molecule has 4 heteroatoms. The summed E-state index contributed by atoms with van der Waals surface area (Å²) in [5, 5.41) is 3.50. The van der Waals surface area contributed by atoms with Crippen molar-refractivity contribution in [2.45, 2.75) is 13.8 Å². The van der Waals surface area contributed by atoms with Crippen LogP contribution in [0.4, 0.5) is 0 Å². The fraction of sp³-hybridized carbons (Fsp3) is 0.250. The van der Waals surface area contributed by atoms with Gasteiger partial charge in [-0.15, -0.1) is 0 Å². The first kappa shape index (κ1) is 14.5. The number of likely N-dealkylation sites (N-methyl/N-ethyl adjacent to an activating group) is 1. The van der Waals surface area contributed by atoms with Crippen LogP contribution in [0.2, 0.25) is 0 Å². The first-order valence-corrected chi connectivity index (χ1v) is 5.31. The molecule has 0 aliphatic carbocycles. The summed E-state index contributed by atoms with van der Waals surface area (Å²) in [6, 6.07) is 0. The van der Waals surface area contributed by atoms with Crippen LogP contribution in [-0.2, 0) is 4.79 Å². The Morgan fingerprint density at radius 2 is 2.12 bits per heavy atom. The third kappa shape index (κ3) is 6.09. The zero-order chi connectivity index (χ0) is 12.6. The Morgan fingerprint density at radius 3 is 2.50 bits per heavy atom. The molecule has 0 bridgehead atoms. The van der Waals surface area contributed by atoms with Crippen LogP contribution < -0.4 is 11.1 Å². The standard InChI is InChI=1S/C12H17ClN2O/c1-4-6-10(7-9(3)13)8-11(12(14)16)15-5-2/h4,6-8,15H,1,5H2,2-3H3,(H2,14,16)/b9-7+,10-6+,11-8-. The molecule has 0 aromatic heterocycles. The van der Waals surface area contributed by atoms with E-state index in [0.29, 0.717) is 17.3 Å². The lowest BCUT2D eigenvalue weighted by molar-refractivity contribution is -0.114. The Bertz CT molecular complexity index is 350. The molecule has 0 aromatic rings. The lowest BCUT2D eigenvalue weighted by Gasteiger charge is -2.05. The minimum Gasteiger partial charge on any atom is -0.381 e. The predicted molar refractivity (Wildman–Crippen MR) is 68.8 cm³/mol. The number of nitrogens with one attached hydrogen (secondary N) is 1. The van der Waals surface area contributed by atoms with Crippen molar-refractivity contribution in [3.8, 4) is 0 Å². The van der Waals surface area contributed by atoms with Gasteiger partial charge in [-0.3, -0.25) is 4.79 Å². The maximum atomic E-state index is 11.1. The van der Waals surface area contributed by atoms with Gasteiger partial charge in [-0.2, -0.15) is 0 Å². The number of amides is 1. The normalized spacial score (nSPS) is 13.6. The number of hydrogen-bond acceptors (Lipinski definition) is 2. The molecular weight excluding hydrogens is 224 g/mol. The molecule has 1 amide bonds. The van der Waals surface area contributed by atoms with Crippen LogP contribution in [0.15, 0.2) is 47.2 Å². The molecule has 16 heavy (non-hydrogen) atoms. The largest absolute Gasteiger partial charge is 0.381 e. The number of carbonyl (C=O) groups excluding carboxylic acids is 1. The highest BCUT2D eigenvalue weighted by Gasteiger charge is 2.03. The van der Waals surface area contributed by atoms with Crippen molar-refractivity contribution < 1.29 is 4.79 Å². The minimum atomic E-state index is -0.502. The molecule has 0 heterocycles. The Hall–Kier alpha value is -1.48. The average Bonchev–Trinajstić information content (AvgIpc) is 2.16. The SMILES string of the molecule is C=C/C=C(/C=C(\NCC)C(N)=O)\C=C(/C)Cl. The average molecular weight is 241 g/mol. The molecule has 0 aliphatic rings. The molecule has 0 spiro atoms. The molecule has 0 radical (unpaired) electrons. The van der Waals surface area contributed by atoms with Crippen molar-refractivity contribution in [3.05, 3.63) is 47.2 Å². The van der Waals surface area contributed by atoms with E-state index < -0.39 is 5.91 Å². The predicted octanol–water partition coefficient (Wildman–Crippen LogP) is 2.22. The molecule has 0 saturated carbocycles. The summed E-state index contributed by atoms with van der Waals surface area (Å²) >= 11 is 5.77. The van der Waals surface area contributed by atoms with Gasteiger partial charge in [-0.25, -0.2) is 0 Å². The number of halogens is 1. The second-order valence-electron chi connectivity index (χ2n) is 3.09. The number of hydrogen-bond donors (Lipinski definition) is 2. The van der Waals surface area contributed by atoms with E-state index in [1.807, 2.05) is 6.92 Å². The molecule has 0 unspecified atom stereocenters. The highest BCUT2D eigenvalue weighted by atomic mass is 35.5. The fourth-order valence-electron chi connectivity index (χ4n) is 1.07. The summed E-state index contributed by atoms with van der Waals surface area (Å²) in [5.41, 5.74) is 6.33. The maximum Gasteiger partial charge on any atom is 0.264 e. The van der Waals surface area contributed by atoms with Gasteiger partial charge in [0.05, 0.1) is 0 Å². The molecule has 3 nitrogen and oxygen atoms in total. The van der Waals surface area contributed by atoms with Gasteiger partial charge >= 0.3 is 0 Å². The topological polar surface area (TPSA) is 55.1 Å². The third-order valence-electron chi connectivity index (χ3n) is 1.62. The number of rotatable bonds is 6.